The number of hydrogen-bond donors (Lipinski definition) is 2. The third kappa shape index (κ3) is 6.42. The molecule has 1 rings (SSSR count). The number of anilines is 1. The first kappa shape index (κ1) is 17.7. The number of halogens is 1. The van der Waals surface area contributed by atoms with Gasteiger partial charge in [0.25, 0.3) is 0 Å². The van der Waals surface area contributed by atoms with E-state index in [4.69, 9.17) is 5.73 Å². The number of sulfonamides is 1. The Kier molecular flexibility index (Phi) is 6.82. The summed E-state index contributed by atoms with van der Waals surface area (Å²) in [5, 5.41) is 0. The summed E-state index contributed by atoms with van der Waals surface area (Å²) in [6.45, 7) is 0. The summed E-state index contributed by atoms with van der Waals surface area (Å²) in [5.41, 5.74) is 6.91. The van der Waals surface area contributed by atoms with Crippen molar-refractivity contribution in [2.24, 2.45) is 5.73 Å². The molecule has 0 amide bonds. The average Bonchev–Trinajstić information content (AvgIpc) is 2.28. The first-order valence-corrected chi connectivity index (χ1v) is 7.11. The average molecular weight is 309 g/mol. The minimum Gasteiger partial charge on any atom is -0.468 e. The molecule has 1 aromatic carbocycles. The normalized spacial score (nSPS) is 12.2. The molecule has 19 heavy (non-hydrogen) atoms. The van der Waals surface area contributed by atoms with Crippen molar-refractivity contribution in [1.29, 1.82) is 0 Å². The summed E-state index contributed by atoms with van der Waals surface area (Å²) in [5.74, 6) is -0.478. The molecule has 3 N–H and O–H groups in total. The van der Waals surface area contributed by atoms with E-state index in [1.165, 1.54) is 7.11 Å². The van der Waals surface area contributed by atoms with Crippen LogP contribution in [0.1, 0.15) is 5.56 Å². The minimum atomic E-state index is -3.28. The molecule has 0 bridgehead atoms. The highest BCUT2D eigenvalue weighted by atomic mass is 35.5. The molecule has 0 aliphatic carbocycles. The summed E-state index contributed by atoms with van der Waals surface area (Å²) in [4.78, 5) is 11.1. The van der Waals surface area contributed by atoms with E-state index in [2.05, 4.69) is 9.46 Å². The topological polar surface area (TPSA) is 98.5 Å². The molecule has 0 aromatic heterocycles. The quantitative estimate of drug-likeness (QED) is 0.773. The molecule has 0 saturated heterocycles. The van der Waals surface area contributed by atoms with E-state index in [0.717, 1.165) is 11.8 Å². The van der Waals surface area contributed by atoms with Gasteiger partial charge in [0.1, 0.15) is 6.04 Å². The standard InChI is InChI=1S/C11H16N2O4S.ClH/c1-17-11(14)10(12)7-8-3-5-9(6-4-8)13-18(2,15)16;/h3-6,10,13H,7,12H2,1-2H3;1H. The molecular weight excluding hydrogens is 292 g/mol. The van der Waals surface area contributed by atoms with Crippen LogP contribution < -0.4 is 10.5 Å². The number of esters is 1. The van der Waals surface area contributed by atoms with Gasteiger partial charge in [-0.25, -0.2) is 8.42 Å². The van der Waals surface area contributed by atoms with Crippen LogP contribution in [-0.4, -0.2) is 33.8 Å². The van der Waals surface area contributed by atoms with Crippen LogP contribution in [0.4, 0.5) is 5.69 Å². The fourth-order valence-electron chi connectivity index (χ4n) is 1.41. The Morgan fingerprint density at radius 2 is 1.89 bits per heavy atom. The zero-order valence-electron chi connectivity index (χ0n) is 10.6. The van der Waals surface area contributed by atoms with Crippen LogP contribution in [0.5, 0.6) is 0 Å². The first-order chi connectivity index (χ1) is 8.31. The van der Waals surface area contributed by atoms with Crippen molar-refractivity contribution in [3.63, 3.8) is 0 Å². The summed E-state index contributed by atoms with van der Waals surface area (Å²) in [6.07, 6.45) is 1.42. The van der Waals surface area contributed by atoms with Gasteiger partial charge >= 0.3 is 5.97 Å². The predicted octanol–water partition coefficient (Wildman–Crippen LogP) is 0.523. The fourth-order valence-corrected chi connectivity index (χ4v) is 1.98. The van der Waals surface area contributed by atoms with Gasteiger partial charge in [-0.05, 0) is 24.1 Å². The van der Waals surface area contributed by atoms with Crippen molar-refractivity contribution in [2.75, 3.05) is 18.1 Å². The molecule has 1 aromatic rings. The fraction of sp³-hybridized carbons (Fsp3) is 0.364. The van der Waals surface area contributed by atoms with Crippen LogP contribution >= 0.6 is 12.4 Å². The number of carbonyl (C=O) groups is 1. The third-order valence-corrected chi connectivity index (χ3v) is 2.82. The third-order valence-electron chi connectivity index (χ3n) is 2.22. The first-order valence-electron chi connectivity index (χ1n) is 5.22. The van der Waals surface area contributed by atoms with E-state index in [9.17, 15) is 13.2 Å². The number of nitrogens with one attached hydrogen (secondary N) is 1. The van der Waals surface area contributed by atoms with E-state index < -0.39 is 22.0 Å². The molecule has 1 atom stereocenters. The maximum absolute atomic E-state index is 11.1. The second-order valence-corrected chi connectivity index (χ2v) is 5.65. The Bertz CT molecular complexity index is 516. The minimum absolute atomic E-state index is 0. The second kappa shape index (κ2) is 7.32. The highest BCUT2D eigenvalue weighted by molar-refractivity contribution is 7.92. The van der Waals surface area contributed by atoms with Crippen molar-refractivity contribution >= 4 is 34.1 Å². The van der Waals surface area contributed by atoms with Gasteiger partial charge in [0.2, 0.25) is 10.0 Å². The number of rotatable bonds is 5. The summed E-state index contributed by atoms with van der Waals surface area (Å²) in [7, 11) is -2.00. The second-order valence-electron chi connectivity index (χ2n) is 3.90. The number of methoxy groups -OCH3 is 1. The molecule has 108 valence electrons. The summed E-state index contributed by atoms with van der Waals surface area (Å²) < 4.78 is 28.9. The molecule has 0 saturated carbocycles. The molecule has 0 spiro atoms. The van der Waals surface area contributed by atoms with Crippen molar-refractivity contribution < 1.29 is 17.9 Å². The lowest BCUT2D eigenvalue weighted by Crippen LogP contribution is -2.33. The molecule has 1 unspecified atom stereocenters. The van der Waals surface area contributed by atoms with Crippen LogP contribution in [0.2, 0.25) is 0 Å². The van der Waals surface area contributed by atoms with Crippen molar-refractivity contribution in [1.82, 2.24) is 0 Å². The van der Waals surface area contributed by atoms with E-state index >= 15 is 0 Å². The molecule has 0 radical (unpaired) electrons. The monoisotopic (exact) mass is 308 g/mol. The SMILES string of the molecule is COC(=O)C(N)Cc1ccc(NS(C)(=O)=O)cc1.Cl. The van der Waals surface area contributed by atoms with E-state index in [-0.39, 0.29) is 12.4 Å². The Morgan fingerprint density at radius 1 is 1.37 bits per heavy atom. The highest BCUT2D eigenvalue weighted by Crippen LogP contribution is 2.12. The molecule has 0 aliphatic heterocycles. The maximum atomic E-state index is 11.1. The number of ether oxygens (including phenoxy) is 1. The Balaban J connectivity index is 0.00000324. The molecule has 0 aliphatic rings. The Labute approximate surface area is 118 Å². The van der Waals surface area contributed by atoms with Crippen LogP contribution in [0.3, 0.4) is 0 Å². The van der Waals surface area contributed by atoms with Gasteiger partial charge in [-0.15, -0.1) is 12.4 Å². The molecule has 6 nitrogen and oxygen atoms in total. The van der Waals surface area contributed by atoms with Crippen molar-refractivity contribution in [2.45, 2.75) is 12.5 Å². The van der Waals surface area contributed by atoms with Gasteiger partial charge in [-0.2, -0.15) is 0 Å². The molecule has 8 heteroatoms. The number of nitrogens with two attached hydrogens (primary N) is 1. The maximum Gasteiger partial charge on any atom is 0.322 e. The molecular formula is C11H17ClN2O4S. The highest BCUT2D eigenvalue weighted by Gasteiger charge is 2.14. The van der Waals surface area contributed by atoms with Gasteiger partial charge in [0, 0.05) is 5.69 Å². The van der Waals surface area contributed by atoms with Crippen LogP contribution in [-0.2, 0) is 26.0 Å². The smallest absolute Gasteiger partial charge is 0.322 e. The summed E-state index contributed by atoms with van der Waals surface area (Å²) >= 11 is 0. The lowest BCUT2D eigenvalue weighted by atomic mass is 10.1. The van der Waals surface area contributed by atoms with Crippen molar-refractivity contribution in [3.05, 3.63) is 29.8 Å². The lowest BCUT2D eigenvalue weighted by molar-refractivity contribution is -0.142. The lowest BCUT2D eigenvalue weighted by Gasteiger charge is -2.10. The number of benzene rings is 1. The van der Waals surface area contributed by atoms with Gasteiger partial charge in [-0.1, -0.05) is 12.1 Å². The molecule has 0 heterocycles. The Morgan fingerprint density at radius 3 is 2.32 bits per heavy atom. The zero-order chi connectivity index (χ0) is 13.8. The predicted molar refractivity (Wildman–Crippen MR) is 75.9 cm³/mol. The van der Waals surface area contributed by atoms with E-state index in [1.807, 2.05) is 0 Å². The van der Waals surface area contributed by atoms with E-state index in [0.29, 0.717) is 12.1 Å². The number of carbonyl (C=O) groups excluding carboxylic acids is 1. The van der Waals surface area contributed by atoms with E-state index in [1.54, 1.807) is 24.3 Å². The Hall–Kier alpha value is -1.31. The zero-order valence-corrected chi connectivity index (χ0v) is 12.3. The van der Waals surface area contributed by atoms with Crippen LogP contribution in [0.15, 0.2) is 24.3 Å². The number of hydrogen-bond acceptors (Lipinski definition) is 5. The van der Waals surface area contributed by atoms with Crippen molar-refractivity contribution in [3.8, 4) is 0 Å². The molecule has 0 fully saturated rings. The summed E-state index contributed by atoms with van der Waals surface area (Å²) in [6, 6.07) is 5.91. The van der Waals surface area contributed by atoms with Crippen LogP contribution in [0.25, 0.3) is 0 Å². The van der Waals surface area contributed by atoms with Crippen LogP contribution in [0, 0.1) is 0 Å². The van der Waals surface area contributed by atoms with Gasteiger partial charge in [-0.3, -0.25) is 9.52 Å². The largest absolute Gasteiger partial charge is 0.468 e. The van der Waals surface area contributed by atoms with Gasteiger partial charge < -0.3 is 10.5 Å². The van der Waals surface area contributed by atoms with Gasteiger partial charge in [0.15, 0.2) is 0 Å². The van der Waals surface area contributed by atoms with Gasteiger partial charge in [0.05, 0.1) is 13.4 Å².